The highest BCUT2D eigenvalue weighted by Crippen LogP contribution is 2.35. The molecule has 1 fully saturated rings. The molecule has 1 aliphatic rings. The molecule has 35 heavy (non-hydrogen) atoms. The minimum absolute atomic E-state index is 0.0195. The van der Waals surface area contributed by atoms with E-state index in [2.05, 4.69) is 4.74 Å². The van der Waals surface area contributed by atoms with Crippen LogP contribution in [0.5, 0.6) is 17.2 Å². The summed E-state index contributed by atoms with van der Waals surface area (Å²) in [5.41, 5.74) is 1.61. The fourth-order valence-corrected chi connectivity index (χ4v) is 6.50. The quantitative estimate of drug-likeness (QED) is 0.419. The van der Waals surface area contributed by atoms with Gasteiger partial charge in [0.1, 0.15) is 17.2 Å². The van der Waals surface area contributed by atoms with Gasteiger partial charge in [0.15, 0.2) is 15.0 Å². The van der Waals surface area contributed by atoms with Crippen LogP contribution in [-0.4, -0.2) is 52.3 Å². The number of alkyl halides is 3. The van der Waals surface area contributed by atoms with Gasteiger partial charge < -0.3 is 19.1 Å². The number of thiazole rings is 1. The van der Waals surface area contributed by atoms with E-state index in [9.17, 15) is 21.6 Å². The van der Waals surface area contributed by atoms with Crippen molar-refractivity contribution >= 4 is 26.3 Å². The summed E-state index contributed by atoms with van der Waals surface area (Å²) in [4.78, 5) is 6.74. The molecule has 0 spiro atoms. The molecule has 1 aromatic heterocycles. The lowest BCUT2D eigenvalue weighted by atomic mass is 10.1. The zero-order chi connectivity index (χ0) is 25.2. The van der Waals surface area contributed by atoms with Gasteiger partial charge in [-0.2, -0.15) is 0 Å². The van der Waals surface area contributed by atoms with Crippen molar-refractivity contribution in [2.75, 3.05) is 32.2 Å². The first-order valence-electron chi connectivity index (χ1n) is 10.6. The molecule has 0 radical (unpaired) electrons. The molecule has 3 aromatic rings. The van der Waals surface area contributed by atoms with E-state index in [0.717, 1.165) is 40.7 Å². The summed E-state index contributed by atoms with van der Waals surface area (Å²) >= 11 is 1.47. The molecule has 12 heteroatoms. The molecule has 0 amide bonds. The monoisotopic (exact) mass is 528 g/mol. The molecule has 0 saturated carbocycles. The smallest absolute Gasteiger partial charge is 0.497 e. The van der Waals surface area contributed by atoms with Crippen molar-refractivity contribution in [3.05, 3.63) is 47.8 Å². The number of piperidine rings is 1. The van der Waals surface area contributed by atoms with Crippen molar-refractivity contribution in [1.82, 2.24) is 4.98 Å². The first-order valence-corrected chi connectivity index (χ1v) is 13.1. The summed E-state index contributed by atoms with van der Waals surface area (Å²) in [6, 6.07) is 9.84. The van der Waals surface area contributed by atoms with E-state index in [1.54, 1.807) is 20.3 Å². The summed E-state index contributed by atoms with van der Waals surface area (Å²) in [5.74, 6) is 0.843. The van der Waals surface area contributed by atoms with Crippen molar-refractivity contribution < 1.29 is 35.8 Å². The molecule has 7 nitrogen and oxygen atoms in total. The van der Waals surface area contributed by atoms with Crippen LogP contribution >= 0.6 is 11.3 Å². The topological polar surface area (TPSA) is 78.0 Å². The van der Waals surface area contributed by atoms with Crippen LogP contribution in [0.15, 0.2) is 52.7 Å². The van der Waals surface area contributed by atoms with Gasteiger partial charge in [-0.1, -0.05) is 0 Å². The van der Waals surface area contributed by atoms with Gasteiger partial charge in [0, 0.05) is 30.1 Å². The number of sulfone groups is 1. The zero-order valence-electron chi connectivity index (χ0n) is 18.9. The van der Waals surface area contributed by atoms with Crippen LogP contribution in [0.1, 0.15) is 12.8 Å². The third kappa shape index (κ3) is 5.81. The van der Waals surface area contributed by atoms with Gasteiger partial charge in [-0.05, 0) is 49.2 Å². The molecule has 0 unspecified atom stereocenters. The van der Waals surface area contributed by atoms with E-state index in [-0.39, 0.29) is 4.90 Å². The van der Waals surface area contributed by atoms with Gasteiger partial charge in [-0.3, -0.25) is 0 Å². The lowest BCUT2D eigenvalue weighted by Crippen LogP contribution is -2.39. The average Bonchev–Trinajstić information content (AvgIpc) is 3.33. The maximum absolute atomic E-state index is 13.0. The number of ether oxygens (including phenoxy) is 3. The van der Waals surface area contributed by atoms with E-state index in [1.807, 2.05) is 22.4 Å². The van der Waals surface area contributed by atoms with Crippen molar-refractivity contribution in [3.8, 4) is 28.5 Å². The minimum Gasteiger partial charge on any atom is -0.497 e. The number of methoxy groups -OCH3 is 2. The van der Waals surface area contributed by atoms with E-state index in [1.165, 1.54) is 11.3 Å². The number of aromatic nitrogens is 1. The Morgan fingerprint density at radius 2 is 1.57 bits per heavy atom. The summed E-state index contributed by atoms with van der Waals surface area (Å²) in [7, 11) is -0.535. The van der Waals surface area contributed by atoms with E-state index < -0.39 is 27.2 Å². The highest BCUT2D eigenvalue weighted by molar-refractivity contribution is 7.92. The second-order valence-corrected chi connectivity index (χ2v) is 10.9. The van der Waals surface area contributed by atoms with Crippen LogP contribution in [0.3, 0.4) is 0 Å². The van der Waals surface area contributed by atoms with Gasteiger partial charge in [-0.15, -0.1) is 24.5 Å². The molecule has 0 bridgehead atoms. The van der Waals surface area contributed by atoms with Crippen molar-refractivity contribution in [1.29, 1.82) is 0 Å². The highest BCUT2D eigenvalue weighted by Gasteiger charge is 2.33. The Bertz CT molecular complexity index is 1250. The minimum atomic E-state index is -4.83. The predicted molar refractivity (Wildman–Crippen MR) is 126 cm³/mol. The van der Waals surface area contributed by atoms with Crippen LogP contribution in [0.25, 0.3) is 11.3 Å². The molecule has 0 aliphatic carbocycles. The van der Waals surface area contributed by atoms with E-state index >= 15 is 0 Å². The summed E-state index contributed by atoms with van der Waals surface area (Å²) in [6.07, 6.45) is -4.07. The SMILES string of the molecule is COc1cc(OC)cc(-c2csc(N3CCC(S(=O)(=O)c4ccc(OC(F)(F)F)cc4)CC3)n2)c1. The van der Waals surface area contributed by atoms with Crippen LogP contribution in [0, 0.1) is 0 Å². The number of halogens is 3. The number of hydrogen-bond acceptors (Lipinski definition) is 8. The summed E-state index contributed by atoms with van der Waals surface area (Å²) in [5, 5.41) is 2.08. The standard InChI is InChI=1S/C23H23F3N2O5S2/c1-31-17-11-15(12-18(13-17)32-2)21-14-34-22(27-21)28-9-7-20(8-10-28)35(29,30)19-5-3-16(4-6-19)33-23(24,25)26/h3-6,11-14,20H,7-10H2,1-2H3. The normalized spacial score (nSPS) is 15.2. The number of hydrogen-bond donors (Lipinski definition) is 0. The van der Waals surface area contributed by atoms with Crippen LogP contribution in [0.4, 0.5) is 18.3 Å². The first-order chi connectivity index (χ1) is 16.6. The Kier molecular flexibility index (Phi) is 7.13. The first kappa shape index (κ1) is 25.1. The highest BCUT2D eigenvalue weighted by atomic mass is 32.2. The molecule has 1 aliphatic heterocycles. The third-order valence-corrected chi connectivity index (χ3v) is 8.86. The van der Waals surface area contributed by atoms with Crippen LogP contribution < -0.4 is 19.1 Å². The maximum Gasteiger partial charge on any atom is 0.573 e. The third-order valence-electron chi connectivity index (χ3n) is 5.68. The lowest BCUT2D eigenvalue weighted by molar-refractivity contribution is -0.274. The van der Waals surface area contributed by atoms with E-state index in [4.69, 9.17) is 14.5 Å². The van der Waals surface area contributed by atoms with Crippen molar-refractivity contribution in [2.24, 2.45) is 0 Å². The second kappa shape index (κ2) is 9.94. The number of rotatable bonds is 7. The average molecular weight is 529 g/mol. The van der Waals surface area contributed by atoms with Gasteiger partial charge in [0.2, 0.25) is 0 Å². The Morgan fingerprint density at radius 3 is 2.11 bits per heavy atom. The lowest BCUT2D eigenvalue weighted by Gasteiger charge is -2.31. The molecular weight excluding hydrogens is 505 g/mol. The molecule has 1 saturated heterocycles. The molecule has 188 valence electrons. The fraction of sp³-hybridized carbons (Fsp3) is 0.348. The zero-order valence-corrected chi connectivity index (χ0v) is 20.5. The van der Waals surface area contributed by atoms with Gasteiger partial charge in [-0.25, -0.2) is 13.4 Å². The summed E-state index contributed by atoms with van der Waals surface area (Å²) < 4.78 is 77.5. The van der Waals surface area contributed by atoms with Crippen molar-refractivity contribution in [3.63, 3.8) is 0 Å². The largest absolute Gasteiger partial charge is 0.573 e. The maximum atomic E-state index is 13.0. The van der Waals surface area contributed by atoms with Gasteiger partial charge in [0.05, 0.1) is 30.1 Å². The Balaban J connectivity index is 1.42. The van der Waals surface area contributed by atoms with Crippen molar-refractivity contribution in [2.45, 2.75) is 29.3 Å². The Labute approximate surface area is 205 Å². The van der Waals surface area contributed by atoms with Gasteiger partial charge >= 0.3 is 6.36 Å². The molecule has 0 N–H and O–H groups in total. The van der Waals surface area contributed by atoms with Crippen LogP contribution in [0.2, 0.25) is 0 Å². The molecular formula is C23H23F3N2O5S2. The van der Waals surface area contributed by atoms with Gasteiger partial charge in [0.25, 0.3) is 0 Å². The molecule has 2 heterocycles. The van der Waals surface area contributed by atoms with E-state index in [0.29, 0.717) is 37.4 Å². The Morgan fingerprint density at radius 1 is 0.971 bits per heavy atom. The number of anilines is 1. The molecule has 0 atom stereocenters. The predicted octanol–water partition coefficient (Wildman–Crippen LogP) is 5.17. The Hall–Kier alpha value is -2.99. The molecule has 2 aromatic carbocycles. The number of nitrogens with zero attached hydrogens (tertiary/aromatic N) is 2. The second-order valence-electron chi connectivity index (χ2n) is 7.87. The van der Waals surface area contributed by atoms with Crippen LogP contribution in [-0.2, 0) is 9.84 Å². The number of benzene rings is 2. The summed E-state index contributed by atoms with van der Waals surface area (Å²) in [6.45, 7) is 0.987. The fourth-order valence-electron chi connectivity index (χ4n) is 3.88. The molecule has 4 rings (SSSR count).